The van der Waals surface area contributed by atoms with Crippen LogP contribution in [0.5, 0.6) is 5.75 Å². The predicted molar refractivity (Wildman–Crippen MR) is 49.9 cm³/mol. The molecular formula is C10H9FN2O. The first-order chi connectivity index (χ1) is 6.61. The van der Waals surface area contributed by atoms with Gasteiger partial charge in [-0.3, -0.25) is 0 Å². The number of phenols is 1. The van der Waals surface area contributed by atoms with Crippen molar-refractivity contribution in [1.82, 2.24) is 0 Å². The summed E-state index contributed by atoms with van der Waals surface area (Å²) in [5, 5.41) is 18.1. The van der Waals surface area contributed by atoms with E-state index in [4.69, 9.17) is 11.0 Å². The molecule has 0 spiro atoms. The molecule has 0 amide bonds. The number of nitrogens with two attached hydrogens (primary N) is 1. The van der Waals surface area contributed by atoms with Gasteiger partial charge in [0.2, 0.25) is 0 Å². The standard InChI is InChI=1S/C10H9FN2O/c1-2-8(13)9-6(5-12)3-4-7(11)10(9)14/h2-4,8,14H,1,13H2/t8-/m0/s1. The Hall–Kier alpha value is -1.86. The van der Waals surface area contributed by atoms with Crippen LogP contribution in [-0.4, -0.2) is 5.11 Å². The highest BCUT2D eigenvalue weighted by atomic mass is 19.1. The minimum atomic E-state index is -0.795. The number of phenolic OH excluding ortho intramolecular Hbond substituents is 1. The van der Waals surface area contributed by atoms with Crippen LogP contribution in [0.4, 0.5) is 4.39 Å². The molecule has 0 unspecified atom stereocenters. The fourth-order valence-electron chi connectivity index (χ4n) is 1.13. The summed E-state index contributed by atoms with van der Waals surface area (Å²) in [6.45, 7) is 3.42. The molecule has 14 heavy (non-hydrogen) atoms. The lowest BCUT2D eigenvalue weighted by atomic mass is 10.0. The highest BCUT2D eigenvalue weighted by Crippen LogP contribution is 2.29. The maximum Gasteiger partial charge on any atom is 0.165 e. The van der Waals surface area contributed by atoms with Gasteiger partial charge in [-0.05, 0) is 12.1 Å². The Morgan fingerprint density at radius 3 is 2.79 bits per heavy atom. The smallest absolute Gasteiger partial charge is 0.165 e. The van der Waals surface area contributed by atoms with Gasteiger partial charge in [0.1, 0.15) is 0 Å². The van der Waals surface area contributed by atoms with Crippen molar-refractivity contribution in [3.63, 3.8) is 0 Å². The van der Waals surface area contributed by atoms with E-state index in [0.29, 0.717) is 0 Å². The van der Waals surface area contributed by atoms with E-state index in [1.165, 1.54) is 12.1 Å². The normalized spacial score (nSPS) is 11.8. The monoisotopic (exact) mass is 192 g/mol. The van der Waals surface area contributed by atoms with Crippen molar-refractivity contribution < 1.29 is 9.50 Å². The highest BCUT2D eigenvalue weighted by Gasteiger charge is 2.16. The van der Waals surface area contributed by atoms with Crippen molar-refractivity contribution in [3.05, 3.63) is 41.7 Å². The Morgan fingerprint density at radius 1 is 1.64 bits per heavy atom. The van der Waals surface area contributed by atoms with Gasteiger partial charge in [0, 0.05) is 5.56 Å². The molecule has 4 heteroatoms. The number of hydrogen-bond acceptors (Lipinski definition) is 3. The average Bonchev–Trinajstić information content (AvgIpc) is 2.20. The van der Waals surface area contributed by atoms with Gasteiger partial charge in [0.05, 0.1) is 17.7 Å². The molecule has 1 atom stereocenters. The van der Waals surface area contributed by atoms with Crippen molar-refractivity contribution >= 4 is 0 Å². The first kappa shape index (κ1) is 10.2. The number of nitrogens with zero attached hydrogens (tertiary/aromatic N) is 1. The summed E-state index contributed by atoms with van der Waals surface area (Å²) in [7, 11) is 0. The van der Waals surface area contributed by atoms with Gasteiger partial charge in [0.15, 0.2) is 11.6 Å². The zero-order chi connectivity index (χ0) is 10.7. The van der Waals surface area contributed by atoms with Crippen LogP contribution in [-0.2, 0) is 0 Å². The molecule has 3 nitrogen and oxygen atoms in total. The maximum atomic E-state index is 12.9. The van der Waals surface area contributed by atoms with Crippen LogP contribution in [0.2, 0.25) is 0 Å². The quantitative estimate of drug-likeness (QED) is 0.699. The van der Waals surface area contributed by atoms with E-state index < -0.39 is 17.6 Å². The summed E-state index contributed by atoms with van der Waals surface area (Å²) in [5.74, 6) is -1.38. The lowest BCUT2D eigenvalue weighted by Gasteiger charge is -2.11. The van der Waals surface area contributed by atoms with E-state index in [-0.39, 0.29) is 11.1 Å². The molecule has 0 aromatic heterocycles. The van der Waals surface area contributed by atoms with Gasteiger partial charge in [-0.2, -0.15) is 5.26 Å². The molecule has 0 saturated heterocycles. The van der Waals surface area contributed by atoms with Crippen LogP contribution in [0.3, 0.4) is 0 Å². The summed E-state index contributed by atoms with van der Waals surface area (Å²) < 4.78 is 12.9. The van der Waals surface area contributed by atoms with Gasteiger partial charge in [-0.25, -0.2) is 4.39 Å². The lowest BCUT2D eigenvalue weighted by Crippen LogP contribution is -2.09. The Bertz CT molecular complexity index is 409. The largest absolute Gasteiger partial charge is 0.505 e. The second kappa shape index (κ2) is 3.90. The third-order valence-electron chi connectivity index (χ3n) is 1.88. The van der Waals surface area contributed by atoms with Gasteiger partial charge in [-0.1, -0.05) is 6.08 Å². The van der Waals surface area contributed by atoms with Crippen LogP contribution in [0.15, 0.2) is 24.8 Å². The Labute approximate surface area is 80.9 Å². The van der Waals surface area contributed by atoms with E-state index in [1.807, 2.05) is 6.07 Å². The topological polar surface area (TPSA) is 70.0 Å². The second-order valence-electron chi connectivity index (χ2n) is 2.73. The number of nitriles is 1. The molecule has 0 heterocycles. The van der Waals surface area contributed by atoms with E-state index >= 15 is 0 Å². The molecule has 0 saturated carbocycles. The number of benzene rings is 1. The van der Waals surface area contributed by atoms with Crippen LogP contribution in [0.25, 0.3) is 0 Å². The Balaban J connectivity index is 3.44. The number of hydrogen-bond donors (Lipinski definition) is 2. The molecule has 0 aliphatic heterocycles. The van der Waals surface area contributed by atoms with Crippen LogP contribution in [0.1, 0.15) is 17.2 Å². The van der Waals surface area contributed by atoms with Gasteiger partial charge in [-0.15, -0.1) is 6.58 Å². The fourth-order valence-corrected chi connectivity index (χ4v) is 1.13. The molecular weight excluding hydrogens is 183 g/mol. The molecule has 1 rings (SSSR count). The third kappa shape index (κ3) is 1.58. The summed E-state index contributed by atoms with van der Waals surface area (Å²) in [4.78, 5) is 0. The summed E-state index contributed by atoms with van der Waals surface area (Å²) in [6.07, 6.45) is 1.33. The molecule has 0 aliphatic rings. The lowest BCUT2D eigenvalue weighted by molar-refractivity contribution is 0.423. The van der Waals surface area contributed by atoms with E-state index in [9.17, 15) is 9.50 Å². The van der Waals surface area contributed by atoms with Crippen molar-refractivity contribution in [3.8, 4) is 11.8 Å². The zero-order valence-corrected chi connectivity index (χ0v) is 7.37. The van der Waals surface area contributed by atoms with Crippen molar-refractivity contribution in [1.29, 1.82) is 5.26 Å². The highest BCUT2D eigenvalue weighted by molar-refractivity contribution is 5.49. The molecule has 0 fully saturated rings. The van der Waals surface area contributed by atoms with Gasteiger partial charge < -0.3 is 10.8 Å². The molecule has 0 aliphatic carbocycles. The maximum absolute atomic E-state index is 12.9. The van der Waals surface area contributed by atoms with E-state index in [2.05, 4.69) is 6.58 Å². The van der Waals surface area contributed by atoms with Crippen molar-refractivity contribution in [2.24, 2.45) is 5.73 Å². The first-order valence-corrected chi connectivity index (χ1v) is 3.91. The number of halogens is 1. The molecule has 3 N–H and O–H groups in total. The number of aromatic hydroxyl groups is 1. The summed E-state index contributed by atoms with van der Waals surface area (Å²) >= 11 is 0. The summed E-state index contributed by atoms with van der Waals surface area (Å²) in [6, 6.07) is 3.37. The van der Waals surface area contributed by atoms with Crippen molar-refractivity contribution in [2.75, 3.05) is 0 Å². The van der Waals surface area contributed by atoms with Crippen LogP contribution >= 0.6 is 0 Å². The van der Waals surface area contributed by atoms with E-state index in [1.54, 1.807) is 0 Å². The average molecular weight is 192 g/mol. The zero-order valence-electron chi connectivity index (χ0n) is 7.37. The van der Waals surface area contributed by atoms with Crippen LogP contribution < -0.4 is 5.73 Å². The molecule has 1 aromatic carbocycles. The predicted octanol–water partition coefficient (Wildman–Crippen LogP) is 1.59. The minimum absolute atomic E-state index is 0.0718. The second-order valence-corrected chi connectivity index (χ2v) is 2.73. The van der Waals surface area contributed by atoms with Crippen LogP contribution in [0, 0.1) is 17.1 Å². The molecule has 0 bridgehead atoms. The fraction of sp³-hybridized carbons (Fsp3) is 0.100. The van der Waals surface area contributed by atoms with E-state index in [0.717, 1.165) is 6.07 Å². The van der Waals surface area contributed by atoms with Crippen molar-refractivity contribution in [2.45, 2.75) is 6.04 Å². The molecule has 72 valence electrons. The molecule has 1 aromatic rings. The molecule has 0 radical (unpaired) electrons. The Morgan fingerprint density at radius 2 is 2.29 bits per heavy atom. The Kier molecular flexibility index (Phi) is 2.85. The third-order valence-corrected chi connectivity index (χ3v) is 1.88. The first-order valence-electron chi connectivity index (χ1n) is 3.91. The SMILES string of the molecule is C=C[C@H](N)c1c(C#N)ccc(F)c1O. The number of rotatable bonds is 2. The van der Waals surface area contributed by atoms with Gasteiger partial charge >= 0.3 is 0 Å². The summed E-state index contributed by atoms with van der Waals surface area (Å²) in [5.41, 5.74) is 5.77. The minimum Gasteiger partial charge on any atom is -0.505 e. The van der Waals surface area contributed by atoms with Gasteiger partial charge in [0.25, 0.3) is 0 Å².